The third kappa shape index (κ3) is 6.67. The van der Waals surface area contributed by atoms with Crippen LogP contribution in [0.15, 0.2) is 46.6 Å². The lowest BCUT2D eigenvalue weighted by Gasteiger charge is -2.29. The molecule has 13 heteroatoms. The molecule has 0 spiro atoms. The molecule has 2 aromatic rings. The maximum atomic E-state index is 13.2. The van der Waals surface area contributed by atoms with Crippen molar-refractivity contribution in [1.29, 1.82) is 0 Å². The van der Waals surface area contributed by atoms with E-state index < -0.39 is 42.2 Å². The molecule has 1 aromatic heterocycles. The largest absolute Gasteiger partial charge is 0.416 e. The number of amides is 1. The first kappa shape index (κ1) is 24.1. The van der Waals surface area contributed by atoms with Crippen molar-refractivity contribution in [2.45, 2.75) is 25.6 Å². The Morgan fingerprint density at radius 2 is 1.90 bits per heavy atom. The fourth-order valence-corrected chi connectivity index (χ4v) is 2.74. The molecule has 166 valence electrons. The van der Waals surface area contributed by atoms with Crippen molar-refractivity contribution in [2.75, 3.05) is 6.54 Å². The molecule has 7 nitrogen and oxygen atoms in total. The zero-order chi connectivity index (χ0) is 23.2. The van der Waals surface area contributed by atoms with Gasteiger partial charge in [0.05, 0.1) is 24.5 Å². The van der Waals surface area contributed by atoms with E-state index in [2.05, 4.69) is 20.0 Å². The molecule has 2 rings (SSSR count). The maximum Gasteiger partial charge on any atom is 0.416 e. The standard InChI is InChI=1S/C18H16ClF5N6O/c1-10(15(28-9-25)29-17-26-3-2-4-27-17)30(8-14(20)21)16(31)11-5-12(18(22,23)24)7-13(19)6-11/h2-7,9-10,14H,8H2,1H3,(H2,25,26,27,28,29). The molecule has 0 aliphatic carbocycles. The van der Waals surface area contributed by atoms with Gasteiger partial charge >= 0.3 is 6.18 Å². The van der Waals surface area contributed by atoms with Crippen LogP contribution in [0.2, 0.25) is 5.02 Å². The number of aliphatic imine (C=N–C) groups is 2. The highest BCUT2D eigenvalue weighted by Gasteiger charge is 2.34. The van der Waals surface area contributed by atoms with Gasteiger partial charge in [-0.25, -0.2) is 23.7 Å². The van der Waals surface area contributed by atoms with Crippen molar-refractivity contribution < 1.29 is 26.7 Å². The van der Waals surface area contributed by atoms with Crippen LogP contribution in [0.3, 0.4) is 0 Å². The number of alkyl halides is 5. The Balaban J connectivity index is 2.50. The second-order valence-corrected chi connectivity index (χ2v) is 6.48. The van der Waals surface area contributed by atoms with Gasteiger partial charge in [-0.05, 0) is 31.2 Å². The van der Waals surface area contributed by atoms with E-state index in [9.17, 15) is 26.7 Å². The molecule has 1 atom stereocenters. The van der Waals surface area contributed by atoms with Crippen LogP contribution in [0, 0.1) is 0 Å². The molecule has 0 fully saturated rings. The number of amidine groups is 1. The number of halogens is 6. The summed E-state index contributed by atoms with van der Waals surface area (Å²) in [7, 11) is 0. The molecule has 2 N–H and O–H groups in total. The van der Waals surface area contributed by atoms with Crippen molar-refractivity contribution in [3.63, 3.8) is 0 Å². The molecular weight excluding hydrogens is 447 g/mol. The van der Waals surface area contributed by atoms with Crippen molar-refractivity contribution in [1.82, 2.24) is 14.9 Å². The van der Waals surface area contributed by atoms with Crippen LogP contribution in [0.4, 0.5) is 27.9 Å². The average Bonchev–Trinajstić information content (AvgIpc) is 2.70. The summed E-state index contributed by atoms with van der Waals surface area (Å²) in [5.74, 6) is -1.42. The van der Waals surface area contributed by atoms with Crippen LogP contribution in [0.1, 0.15) is 22.8 Å². The van der Waals surface area contributed by atoms with Crippen LogP contribution in [-0.2, 0) is 6.18 Å². The maximum absolute atomic E-state index is 13.2. The van der Waals surface area contributed by atoms with E-state index >= 15 is 0 Å². The van der Waals surface area contributed by atoms with E-state index in [-0.39, 0.29) is 16.8 Å². The number of hydrogen-bond donors (Lipinski definition) is 1. The number of aromatic nitrogens is 2. The molecule has 0 aliphatic rings. The average molecular weight is 463 g/mol. The molecule has 0 saturated heterocycles. The Labute approximate surface area is 178 Å². The normalized spacial score (nSPS) is 13.6. The third-order valence-electron chi connectivity index (χ3n) is 3.88. The lowest BCUT2D eigenvalue weighted by Crippen LogP contribution is -2.45. The second kappa shape index (κ2) is 10.2. The van der Waals surface area contributed by atoms with Gasteiger partial charge in [-0.1, -0.05) is 11.6 Å². The van der Waals surface area contributed by atoms with Gasteiger partial charge in [0.25, 0.3) is 18.3 Å². The zero-order valence-corrected chi connectivity index (χ0v) is 16.6. The summed E-state index contributed by atoms with van der Waals surface area (Å²) < 4.78 is 65.7. The molecule has 0 saturated carbocycles. The summed E-state index contributed by atoms with van der Waals surface area (Å²) in [5.41, 5.74) is 3.57. The van der Waals surface area contributed by atoms with Gasteiger partial charge in [0.15, 0.2) is 5.84 Å². The highest BCUT2D eigenvalue weighted by molar-refractivity contribution is 6.31. The minimum absolute atomic E-state index is 0.0819. The Kier molecular flexibility index (Phi) is 7.97. The molecule has 0 aliphatic heterocycles. The van der Waals surface area contributed by atoms with E-state index in [1.807, 2.05) is 0 Å². The molecule has 1 aromatic carbocycles. The van der Waals surface area contributed by atoms with Crippen molar-refractivity contribution in [2.24, 2.45) is 15.7 Å². The first-order valence-electron chi connectivity index (χ1n) is 8.59. The smallest absolute Gasteiger partial charge is 0.390 e. The number of nitrogens with two attached hydrogens (primary N) is 1. The predicted molar refractivity (Wildman–Crippen MR) is 105 cm³/mol. The highest BCUT2D eigenvalue weighted by atomic mass is 35.5. The molecule has 0 bridgehead atoms. The summed E-state index contributed by atoms with van der Waals surface area (Å²) in [4.78, 5) is 29.0. The fourth-order valence-electron chi connectivity index (χ4n) is 2.51. The van der Waals surface area contributed by atoms with Gasteiger partial charge in [-0.2, -0.15) is 18.2 Å². The number of nitrogens with zero attached hydrogens (tertiary/aromatic N) is 5. The van der Waals surface area contributed by atoms with Crippen LogP contribution in [-0.4, -0.2) is 52.0 Å². The number of rotatable bonds is 6. The SMILES string of the molecule is CC(C(N=CN)=Nc1ncccn1)N(CC(F)F)C(=O)c1cc(Cl)cc(C(F)(F)F)c1. The van der Waals surface area contributed by atoms with Crippen molar-refractivity contribution in [3.05, 3.63) is 52.8 Å². The second-order valence-electron chi connectivity index (χ2n) is 6.05. The van der Waals surface area contributed by atoms with Crippen LogP contribution < -0.4 is 5.73 Å². The summed E-state index contributed by atoms with van der Waals surface area (Å²) in [5, 5.41) is -0.380. The van der Waals surface area contributed by atoms with Gasteiger partial charge in [0.2, 0.25) is 0 Å². The Hall–Kier alpha value is -3.15. The summed E-state index contributed by atoms with van der Waals surface area (Å²) in [6.45, 7) is 0.201. The lowest BCUT2D eigenvalue weighted by molar-refractivity contribution is -0.137. The summed E-state index contributed by atoms with van der Waals surface area (Å²) in [6.07, 6.45) is -4.23. The topological polar surface area (TPSA) is 96.8 Å². The van der Waals surface area contributed by atoms with Crippen LogP contribution in [0.5, 0.6) is 0 Å². The Bertz CT molecular complexity index is 968. The first-order chi connectivity index (χ1) is 14.5. The van der Waals surface area contributed by atoms with Gasteiger partial charge in [0, 0.05) is 23.0 Å². The predicted octanol–water partition coefficient (Wildman–Crippen LogP) is 3.96. The molecule has 1 heterocycles. The molecule has 1 amide bonds. The van der Waals surface area contributed by atoms with E-state index in [1.54, 1.807) is 0 Å². The summed E-state index contributed by atoms with van der Waals surface area (Å²) >= 11 is 5.71. The van der Waals surface area contributed by atoms with E-state index in [0.717, 1.165) is 12.4 Å². The van der Waals surface area contributed by atoms with Crippen LogP contribution >= 0.6 is 11.6 Å². The minimum Gasteiger partial charge on any atom is -0.390 e. The quantitative estimate of drug-likeness (QED) is 0.399. The van der Waals surface area contributed by atoms with E-state index in [0.29, 0.717) is 17.0 Å². The number of carbonyl (C=O) groups excluding carboxylic acids is 1. The van der Waals surface area contributed by atoms with E-state index in [1.165, 1.54) is 25.4 Å². The first-order valence-corrected chi connectivity index (χ1v) is 8.97. The molecular formula is C18H16ClF5N6O. The summed E-state index contributed by atoms with van der Waals surface area (Å²) in [6, 6.07) is 2.39. The highest BCUT2D eigenvalue weighted by Crippen LogP contribution is 2.32. The monoisotopic (exact) mass is 462 g/mol. The number of hydrogen-bond acceptors (Lipinski definition) is 4. The third-order valence-corrected chi connectivity index (χ3v) is 4.10. The van der Waals surface area contributed by atoms with Crippen molar-refractivity contribution in [3.8, 4) is 0 Å². The number of benzene rings is 1. The van der Waals surface area contributed by atoms with Gasteiger partial charge < -0.3 is 10.6 Å². The van der Waals surface area contributed by atoms with E-state index in [4.69, 9.17) is 17.3 Å². The number of carbonyl (C=O) groups is 1. The minimum atomic E-state index is -4.79. The van der Waals surface area contributed by atoms with Gasteiger partial charge in [0.1, 0.15) is 0 Å². The fraction of sp³-hybridized carbons (Fsp3) is 0.278. The Morgan fingerprint density at radius 3 is 2.45 bits per heavy atom. The zero-order valence-electron chi connectivity index (χ0n) is 15.9. The molecule has 31 heavy (non-hydrogen) atoms. The molecule has 0 radical (unpaired) electrons. The van der Waals surface area contributed by atoms with Gasteiger partial charge in [-0.15, -0.1) is 0 Å². The molecule has 1 unspecified atom stereocenters. The van der Waals surface area contributed by atoms with Crippen LogP contribution in [0.25, 0.3) is 0 Å². The Morgan fingerprint density at radius 1 is 1.26 bits per heavy atom. The lowest BCUT2D eigenvalue weighted by atomic mass is 10.1. The van der Waals surface area contributed by atoms with Gasteiger partial charge in [-0.3, -0.25) is 4.79 Å². The van der Waals surface area contributed by atoms with Crippen molar-refractivity contribution >= 4 is 35.6 Å².